The van der Waals surface area contributed by atoms with Crippen LogP contribution >= 0.6 is 0 Å². The maximum atomic E-state index is 13.4. The summed E-state index contributed by atoms with van der Waals surface area (Å²) in [5.74, 6) is -2.30. The van der Waals surface area contributed by atoms with Crippen LogP contribution in [0, 0.1) is 5.82 Å². The van der Waals surface area contributed by atoms with Gasteiger partial charge in [-0.2, -0.15) is 0 Å². The molecule has 0 aromatic heterocycles. The first kappa shape index (κ1) is 14.9. The highest BCUT2D eigenvalue weighted by atomic mass is 19.1. The number of hydrogen-bond donors (Lipinski definition) is 3. The van der Waals surface area contributed by atoms with E-state index in [4.69, 9.17) is 5.11 Å². The van der Waals surface area contributed by atoms with Crippen LogP contribution in [0.3, 0.4) is 0 Å². The maximum absolute atomic E-state index is 13.4. The van der Waals surface area contributed by atoms with Crippen LogP contribution in [0.5, 0.6) is 0 Å². The molecule has 0 radical (unpaired) electrons. The molecule has 0 bridgehead atoms. The molecular weight excluding hydrogens is 251 g/mol. The minimum atomic E-state index is -1.42. The smallest absolute Gasteiger partial charge is 0.340 e. The molecule has 0 aliphatic heterocycles. The Hall–Kier alpha value is -2.11. The topological polar surface area (TPSA) is 78.4 Å². The number of nitrogens with one attached hydrogen (secondary N) is 2. The van der Waals surface area contributed by atoms with Gasteiger partial charge >= 0.3 is 12.0 Å². The van der Waals surface area contributed by atoms with Crippen molar-refractivity contribution >= 4 is 17.7 Å². The van der Waals surface area contributed by atoms with E-state index in [0.717, 1.165) is 25.3 Å². The Morgan fingerprint density at radius 2 is 2.05 bits per heavy atom. The molecule has 1 aromatic carbocycles. The number of aromatic carboxylic acids is 1. The summed E-state index contributed by atoms with van der Waals surface area (Å²) >= 11 is 0. The highest BCUT2D eigenvalue weighted by Gasteiger charge is 2.16. The molecule has 104 valence electrons. The molecule has 0 unspecified atom stereocenters. The lowest BCUT2D eigenvalue weighted by atomic mass is 10.1. The van der Waals surface area contributed by atoms with Crippen LogP contribution in [0.25, 0.3) is 0 Å². The summed E-state index contributed by atoms with van der Waals surface area (Å²) < 4.78 is 13.4. The molecule has 0 fully saturated rings. The summed E-state index contributed by atoms with van der Waals surface area (Å²) in [7, 11) is 0. The third-order valence-corrected chi connectivity index (χ3v) is 2.54. The number of amides is 2. The van der Waals surface area contributed by atoms with E-state index < -0.39 is 23.4 Å². The lowest BCUT2D eigenvalue weighted by Gasteiger charge is -2.10. The van der Waals surface area contributed by atoms with Gasteiger partial charge in [0.05, 0.1) is 5.69 Å². The van der Waals surface area contributed by atoms with E-state index in [1.807, 2.05) is 6.92 Å². The van der Waals surface area contributed by atoms with Gasteiger partial charge in [-0.1, -0.05) is 25.8 Å². The molecule has 3 N–H and O–H groups in total. The van der Waals surface area contributed by atoms with Crippen molar-refractivity contribution in [2.75, 3.05) is 11.9 Å². The van der Waals surface area contributed by atoms with Crippen molar-refractivity contribution in [1.82, 2.24) is 5.32 Å². The van der Waals surface area contributed by atoms with Crippen molar-refractivity contribution < 1.29 is 19.1 Å². The number of rotatable bonds is 6. The van der Waals surface area contributed by atoms with E-state index in [1.165, 1.54) is 12.1 Å². The van der Waals surface area contributed by atoms with Crippen LogP contribution in [0.4, 0.5) is 14.9 Å². The molecule has 5 nitrogen and oxygen atoms in total. The first-order valence-electron chi connectivity index (χ1n) is 6.13. The fourth-order valence-electron chi connectivity index (χ4n) is 1.59. The Kier molecular flexibility index (Phi) is 5.78. The summed E-state index contributed by atoms with van der Waals surface area (Å²) in [6, 6.07) is 3.18. The fraction of sp³-hybridized carbons (Fsp3) is 0.385. The average Bonchev–Trinajstić information content (AvgIpc) is 2.34. The van der Waals surface area contributed by atoms with Crippen molar-refractivity contribution in [3.63, 3.8) is 0 Å². The quantitative estimate of drug-likeness (QED) is 0.694. The number of carboxylic acid groups (broad SMARTS) is 1. The summed E-state index contributed by atoms with van der Waals surface area (Å²) in [6.45, 7) is 2.54. The molecule has 0 heterocycles. The Bertz CT molecular complexity index is 463. The number of urea groups is 1. The number of unbranched alkanes of at least 4 members (excludes halogenated alkanes) is 2. The number of benzene rings is 1. The molecule has 6 heteroatoms. The SMILES string of the molecule is CCCCCNC(=O)Nc1cccc(F)c1C(=O)O. The molecule has 0 aliphatic rings. The largest absolute Gasteiger partial charge is 0.478 e. The second-order valence-electron chi connectivity index (χ2n) is 4.06. The maximum Gasteiger partial charge on any atom is 0.340 e. The predicted octanol–water partition coefficient (Wildman–Crippen LogP) is 2.84. The molecule has 1 rings (SSSR count). The van der Waals surface area contributed by atoms with Gasteiger partial charge in [0.25, 0.3) is 0 Å². The second kappa shape index (κ2) is 7.35. The van der Waals surface area contributed by atoms with Crippen LogP contribution in [0.1, 0.15) is 36.5 Å². The van der Waals surface area contributed by atoms with Gasteiger partial charge in [-0.05, 0) is 18.6 Å². The van der Waals surface area contributed by atoms with Crippen LogP contribution in [-0.4, -0.2) is 23.7 Å². The van der Waals surface area contributed by atoms with Crippen LogP contribution < -0.4 is 10.6 Å². The summed E-state index contributed by atoms with van der Waals surface area (Å²) in [4.78, 5) is 22.4. The van der Waals surface area contributed by atoms with Gasteiger partial charge in [-0.25, -0.2) is 14.0 Å². The molecule has 0 saturated heterocycles. The highest BCUT2D eigenvalue weighted by Crippen LogP contribution is 2.18. The van der Waals surface area contributed by atoms with Crippen molar-refractivity contribution in [3.05, 3.63) is 29.6 Å². The molecular formula is C13H17FN2O3. The van der Waals surface area contributed by atoms with Crippen molar-refractivity contribution in [2.24, 2.45) is 0 Å². The van der Waals surface area contributed by atoms with Gasteiger partial charge in [-0.3, -0.25) is 0 Å². The first-order chi connectivity index (χ1) is 9.06. The van der Waals surface area contributed by atoms with Crippen LogP contribution in [0.15, 0.2) is 18.2 Å². The average molecular weight is 268 g/mol. The third-order valence-electron chi connectivity index (χ3n) is 2.54. The molecule has 2 amide bonds. The lowest BCUT2D eigenvalue weighted by molar-refractivity contribution is 0.0693. The monoisotopic (exact) mass is 268 g/mol. The number of hydrogen-bond acceptors (Lipinski definition) is 2. The Morgan fingerprint density at radius 3 is 2.68 bits per heavy atom. The highest BCUT2D eigenvalue weighted by molar-refractivity contribution is 6.00. The normalized spacial score (nSPS) is 10.0. The predicted molar refractivity (Wildman–Crippen MR) is 69.9 cm³/mol. The summed E-state index contributed by atoms with van der Waals surface area (Å²) in [5, 5.41) is 13.8. The van der Waals surface area contributed by atoms with Crippen LogP contribution in [0.2, 0.25) is 0 Å². The van der Waals surface area contributed by atoms with E-state index in [0.29, 0.717) is 6.54 Å². The zero-order chi connectivity index (χ0) is 14.3. The molecule has 0 spiro atoms. The van der Waals surface area contributed by atoms with Crippen molar-refractivity contribution in [2.45, 2.75) is 26.2 Å². The summed E-state index contributed by atoms with van der Waals surface area (Å²) in [5.41, 5.74) is -0.591. The number of carboxylic acids is 1. The Balaban J connectivity index is 2.64. The van der Waals surface area contributed by atoms with Gasteiger partial charge < -0.3 is 15.7 Å². The van der Waals surface area contributed by atoms with Crippen LogP contribution in [-0.2, 0) is 0 Å². The van der Waals surface area contributed by atoms with E-state index in [1.54, 1.807) is 0 Å². The molecule has 0 aliphatic carbocycles. The Morgan fingerprint density at radius 1 is 1.32 bits per heavy atom. The number of anilines is 1. The Labute approximate surface area is 110 Å². The van der Waals surface area contributed by atoms with E-state index in [-0.39, 0.29) is 5.69 Å². The first-order valence-corrected chi connectivity index (χ1v) is 6.13. The number of halogens is 1. The standard InChI is InChI=1S/C13H17FN2O3/c1-2-3-4-8-15-13(19)16-10-7-5-6-9(14)11(10)12(17)18/h5-7H,2-4,8H2,1H3,(H,17,18)(H2,15,16,19). The minimum Gasteiger partial charge on any atom is -0.478 e. The van der Waals surface area contributed by atoms with E-state index in [9.17, 15) is 14.0 Å². The zero-order valence-corrected chi connectivity index (χ0v) is 10.7. The van der Waals surface area contributed by atoms with Crippen molar-refractivity contribution in [1.29, 1.82) is 0 Å². The molecule has 0 atom stereocenters. The molecule has 0 saturated carbocycles. The van der Waals surface area contributed by atoms with Gasteiger partial charge in [0.1, 0.15) is 11.4 Å². The van der Waals surface area contributed by atoms with Gasteiger partial charge in [0.2, 0.25) is 0 Å². The van der Waals surface area contributed by atoms with Gasteiger partial charge in [0, 0.05) is 6.54 Å². The number of carbonyl (C=O) groups excluding carboxylic acids is 1. The second-order valence-corrected chi connectivity index (χ2v) is 4.06. The van der Waals surface area contributed by atoms with Gasteiger partial charge in [-0.15, -0.1) is 0 Å². The van der Waals surface area contributed by atoms with Gasteiger partial charge in [0.15, 0.2) is 0 Å². The molecule has 19 heavy (non-hydrogen) atoms. The van der Waals surface area contributed by atoms with E-state index >= 15 is 0 Å². The fourth-order valence-corrected chi connectivity index (χ4v) is 1.59. The van der Waals surface area contributed by atoms with E-state index in [2.05, 4.69) is 10.6 Å². The number of carbonyl (C=O) groups is 2. The van der Waals surface area contributed by atoms with Crippen molar-refractivity contribution in [3.8, 4) is 0 Å². The summed E-state index contributed by atoms with van der Waals surface area (Å²) in [6.07, 6.45) is 2.88. The zero-order valence-electron chi connectivity index (χ0n) is 10.7. The lowest BCUT2D eigenvalue weighted by Crippen LogP contribution is -2.30. The third kappa shape index (κ3) is 4.57. The minimum absolute atomic E-state index is 0.0551. The molecule has 1 aromatic rings.